The normalized spacial score (nSPS) is 10.2. The topological polar surface area (TPSA) is 68.0 Å². The van der Waals surface area contributed by atoms with Gasteiger partial charge in [0.1, 0.15) is 0 Å². The lowest BCUT2D eigenvalue weighted by Crippen LogP contribution is -2.13. The van der Waals surface area contributed by atoms with Crippen LogP contribution >= 0.6 is 27.3 Å². The number of hydrogen-bond acceptors (Lipinski definition) is 4. The molecule has 1 amide bonds. The molecular weight excluding hydrogens is 302 g/mol. The quantitative estimate of drug-likeness (QED) is 0.838. The molecule has 1 aromatic heterocycles. The fourth-order valence-electron chi connectivity index (χ4n) is 1.38. The molecule has 0 radical (unpaired) electrons. The minimum Gasteiger partial charge on any atom is -0.398 e. The molecule has 0 unspecified atom stereocenters. The number of benzene rings is 1. The number of amides is 1. The molecular formula is C11H10BrN3OS. The van der Waals surface area contributed by atoms with Crippen molar-refractivity contribution in [2.75, 3.05) is 11.1 Å². The van der Waals surface area contributed by atoms with E-state index in [9.17, 15) is 4.79 Å². The highest BCUT2D eigenvalue weighted by atomic mass is 79.9. The molecule has 0 aliphatic rings. The van der Waals surface area contributed by atoms with Crippen molar-refractivity contribution in [3.63, 3.8) is 0 Å². The van der Waals surface area contributed by atoms with Crippen LogP contribution in [0, 0.1) is 6.92 Å². The summed E-state index contributed by atoms with van der Waals surface area (Å²) in [6, 6.07) is 5.27. The predicted octanol–water partition coefficient (Wildman–Crippen LogP) is 3.05. The van der Waals surface area contributed by atoms with E-state index in [-0.39, 0.29) is 5.91 Å². The zero-order valence-corrected chi connectivity index (χ0v) is 11.4. The van der Waals surface area contributed by atoms with Crippen LogP contribution in [0.3, 0.4) is 0 Å². The van der Waals surface area contributed by atoms with Gasteiger partial charge in [-0.1, -0.05) is 17.4 Å². The highest BCUT2D eigenvalue weighted by molar-refractivity contribution is 9.11. The Balaban J connectivity index is 2.23. The first-order valence-corrected chi connectivity index (χ1v) is 6.46. The number of halogens is 1. The van der Waals surface area contributed by atoms with Gasteiger partial charge >= 0.3 is 0 Å². The average Bonchev–Trinajstić information content (AvgIpc) is 2.68. The van der Waals surface area contributed by atoms with Crippen molar-refractivity contribution in [2.24, 2.45) is 0 Å². The molecule has 0 aliphatic heterocycles. The van der Waals surface area contributed by atoms with Crippen molar-refractivity contribution in [3.8, 4) is 0 Å². The zero-order valence-electron chi connectivity index (χ0n) is 9.03. The van der Waals surface area contributed by atoms with Crippen molar-refractivity contribution in [1.29, 1.82) is 0 Å². The largest absolute Gasteiger partial charge is 0.398 e. The van der Waals surface area contributed by atoms with Gasteiger partial charge < -0.3 is 5.73 Å². The van der Waals surface area contributed by atoms with Crippen LogP contribution in [-0.4, -0.2) is 10.9 Å². The molecule has 0 aliphatic carbocycles. The van der Waals surface area contributed by atoms with E-state index in [0.717, 1.165) is 9.35 Å². The van der Waals surface area contributed by atoms with Gasteiger partial charge in [0.25, 0.3) is 5.91 Å². The molecule has 0 fully saturated rings. The number of anilines is 2. The smallest absolute Gasteiger partial charge is 0.257 e. The molecule has 1 aromatic carbocycles. The number of nitrogens with zero attached hydrogens (tertiary/aromatic N) is 1. The van der Waals surface area contributed by atoms with E-state index in [1.54, 1.807) is 24.4 Å². The van der Waals surface area contributed by atoms with Gasteiger partial charge in [-0.2, -0.15) is 0 Å². The molecule has 2 rings (SSSR count). The average molecular weight is 312 g/mol. The Bertz CT molecular complexity index is 568. The van der Waals surface area contributed by atoms with Crippen LogP contribution in [-0.2, 0) is 0 Å². The first-order chi connectivity index (χ1) is 8.08. The third kappa shape index (κ3) is 2.65. The van der Waals surface area contributed by atoms with E-state index in [1.807, 2.05) is 6.92 Å². The molecule has 17 heavy (non-hydrogen) atoms. The molecule has 88 valence electrons. The summed E-state index contributed by atoms with van der Waals surface area (Å²) in [5, 5.41) is 3.29. The Morgan fingerprint density at radius 1 is 1.53 bits per heavy atom. The number of nitrogens with one attached hydrogen (secondary N) is 1. The number of rotatable bonds is 2. The maximum absolute atomic E-state index is 12.0. The van der Waals surface area contributed by atoms with E-state index < -0.39 is 0 Å². The molecule has 2 aromatic rings. The summed E-state index contributed by atoms with van der Waals surface area (Å²) >= 11 is 4.65. The van der Waals surface area contributed by atoms with Gasteiger partial charge in [0.2, 0.25) is 0 Å². The number of carbonyl (C=O) groups is 1. The Morgan fingerprint density at radius 2 is 2.29 bits per heavy atom. The molecule has 4 nitrogen and oxygen atoms in total. The second kappa shape index (κ2) is 4.85. The third-order valence-electron chi connectivity index (χ3n) is 2.32. The summed E-state index contributed by atoms with van der Waals surface area (Å²) in [5.41, 5.74) is 7.71. The maximum Gasteiger partial charge on any atom is 0.257 e. The van der Waals surface area contributed by atoms with E-state index in [0.29, 0.717) is 16.4 Å². The molecule has 6 heteroatoms. The van der Waals surface area contributed by atoms with Gasteiger partial charge in [0.05, 0.1) is 9.98 Å². The van der Waals surface area contributed by atoms with Gasteiger partial charge in [0, 0.05) is 11.3 Å². The highest BCUT2D eigenvalue weighted by Crippen LogP contribution is 2.24. The number of nitrogen functional groups attached to an aromatic ring is 1. The summed E-state index contributed by atoms with van der Waals surface area (Å²) in [6.45, 7) is 1.82. The number of thiazole rings is 1. The minimum absolute atomic E-state index is 0.198. The van der Waals surface area contributed by atoms with Crippen molar-refractivity contribution in [2.45, 2.75) is 6.92 Å². The summed E-state index contributed by atoms with van der Waals surface area (Å²) in [6.07, 6.45) is 1.65. The molecule has 0 bridgehead atoms. The first kappa shape index (κ1) is 12.1. The van der Waals surface area contributed by atoms with Crippen LogP contribution in [0.2, 0.25) is 0 Å². The predicted molar refractivity (Wildman–Crippen MR) is 73.4 cm³/mol. The van der Waals surface area contributed by atoms with Gasteiger partial charge in [-0.15, -0.1) is 0 Å². The van der Waals surface area contributed by atoms with Crippen LogP contribution in [0.1, 0.15) is 15.9 Å². The molecule has 3 N–H and O–H groups in total. The lowest BCUT2D eigenvalue weighted by atomic mass is 10.1. The van der Waals surface area contributed by atoms with Gasteiger partial charge in [-0.25, -0.2) is 4.98 Å². The molecule has 0 atom stereocenters. The molecule has 1 heterocycles. The van der Waals surface area contributed by atoms with Gasteiger partial charge in [-0.05, 0) is 40.5 Å². The minimum atomic E-state index is -0.198. The van der Waals surface area contributed by atoms with Crippen molar-refractivity contribution in [1.82, 2.24) is 4.98 Å². The molecule has 0 saturated heterocycles. The van der Waals surface area contributed by atoms with Crippen LogP contribution < -0.4 is 11.1 Å². The summed E-state index contributed by atoms with van der Waals surface area (Å²) in [7, 11) is 0. The maximum atomic E-state index is 12.0. The monoisotopic (exact) mass is 311 g/mol. The van der Waals surface area contributed by atoms with Crippen molar-refractivity contribution < 1.29 is 4.79 Å². The number of aromatic nitrogens is 1. The fourth-order valence-corrected chi connectivity index (χ4v) is 2.48. The van der Waals surface area contributed by atoms with E-state index in [1.165, 1.54) is 11.3 Å². The SMILES string of the molecule is Cc1c(N)cccc1C(=O)Nc1ncc(Br)s1. The highest BCUT2D eigenvalue weighted by Gasteiger charge is 2.12. The number of carbonyl (C=O) groups excluding carboxylic acids is 1. The van der Waals surface area contributed by atoms with Crippen molar-refractivity contribution in [3.05, 3.63) is 39.3 Å². The summed E-state index contributed by atoms with van der Waals surface area (Å²) < 4.78 is 0.872. The lowest BCUT2D eigenvalue weighted by Gasteiger charge is -2.07. The van der Waals surface area contributed by atoms with Gasteiger partial charge in [0.15, 0.2) is 5.13 Å². The van der Waals surface area contributed by atoms with Crippen LogP contribution in [0.25, 0.3) is 0 Å². The molecule has 0 spiro atoms. The first-order valence-electron chi connectivity index (χ1n) is 4.85. The Labute approximate surface area is 111 Å². The summed E-state index contributed by atoms with van der Waals surface area (Å²) in [4.78, 5) is 16.0. The van der Waals surface area contributed by atoms with Crippen LogP contribution in [0.5, 0.6) is 0 Å². The Kier molecular flexibility index (Phi) is 3.44. The Morgan fingerprint density at radius 3 is 2.94 bits per heavy atom. The van der Waals surface area contributed by atoms with Crippen LogP contribution in [0.4, 0.5) is 10.8 Å². The summed E-state index contributed by atoms with van der Waals surface area (Å²) in [5.74, 6) is -0.198. The molecule has 0 saturated carbocycles. The third-order valence-corrected chi connectivity index (χ3v) is 3.71. The zero-order chi connectivity index (χ0) is 12.4. The van der Waals surface area contributed by atoms with E-state index >= 15 is 0 Å². The standard InChI is InChI=1S/C11H10BrN3OS/c1-6-7(3-2-4-8(6)13)10(16)15-11-14-5-9(12)17-11/h2-5H,13H2,1H3,(H,14,15,16). The van der Waals surface area contributed by atoms with Crippen LogP contribution in [0.15, 0.2) is 28.2 Å². The van der Waals surface area contributed by atoms with Crippen molar-refractivity contribution >= 4 is 44.0 Å². The number of nitrogens with two attached hydrogens (primary N) is 1. The van der Waals surface area contributed by atoms with E-state index in [4.69, 9.17) is 5.73 Å². The number of hydrogen-bond donors (Lipinski definition) is 2. The van der Waals surface area contributed by atoms with Gasteiger partial charge in [-0.3, -0.25) is 10.1 Å². The fraction of sp³-hybridized carbons (Fsp3) is 0.0909. The second-order valence-corrected chi connectivity index (χ2v) is 5.85. The second-order valence-electron chi connectivity index (χ2n) is 3.44. The van der Waals surface area contributed by atoms with E-state index in [2.05, 4.69) is 26.2 Å². The Hall–Kier alpha value is -1.40. The lowest BCUT2D eigenvalue weighted by molar-refractivity contribution is 0.102.